The van der Waals surface area contributed by atoms with E-state index in [2.05, 4.69) is 6.58 Å². The molecule has 0 radical (unpaired) electrons. The topological polar surface area (TPSA) is 43.1 Å². The molecule has 0 aromatic carbocycles. The summed E-state index contributed by atoms with van der Waals surface area (Å²) in [7, 11) is 0.508. The molecule has 2 N–H and O–H groups in total. The quantitative estimate of drug-likeness (QED) is 0.545. The summed E-state index contributed by atoms with van der Waals surface area (Å²) in [6, 6.07) is 3.28. The highest BCUT2D eigenvalue weighted by Crippen LogP contribution is 2.10. The van der Waals surface area contributed by atoms with E-state index < -0.39 is 0 Å². The zero-order valence-electron chi connectivity index (χ0n) is 8.43. The molecule has 2 nitrogen and oxygen atoms in total. The molecule has 1 aliphatic rings. The molecule has 0 atom stereocenters. The van der Waals surface area contributed by atoms with Crippen LogP contribution in [0.15, 0.2) is 12.7 Å². The van der Waals surface area contributed by atoms with Crippen molar-refractivity contribution in [1.82, 2.24) is 0 Å². The predicted octanol–water partition coefficient (Wildman–Crippen LogP) is 1.61. The van der Waals surface area contributed by atoms with Gasteiger partial charge in [0, 0.05) is 15.9 Å². The summed E-state index contributed by atoms with van der Waals surface area (Å²) >= 11 is 0. The van der Waals surface area contributed by atoms with Gasteiger partial charge in [-0.1, -0.05) is 37.4 Å². The number of allylic oxidation sites excluding steroid dienone is 1. The minimum absolute atomic E-state index is 0.264. The molecule has 0 aliphatic carbocycles. The molecule has 0 bridgehead atoms. The average Bonchev–Trinajstić information content (AvgIpc) is 2.18. The summed E-state index contributed by atoms with van der Waals surface area (Å²) < 4.78 is 0. The summed E-state index contributed by atoms with van der Waals surface area (Å²) in [5.41, 5.74) is 4.79. The number of carbonyl (C=O) groups excluding carboxylic acids is 1. The first-order chi connectivity index (χ1) is 6.27. The minimum Gasteiger partial charge on any atom is -0.370 e. The fourth-order valence-electron chi connectivity index (χ4n) is 1.30. The zero-order chi connectivity index (χ0) is 9.94. The Balaban J connectivity index is 0.000000223. The third-order valence-electron chi connectivity index (χ3n) is 2.09. The van der Waals surface area contributed by atoms with Crippen molar-refractivity contribution >= 4 is 15.4 Å². The lowest BCUT2D eigenvalue weighted by Gasteiger charge is -2.04. The van der Waals surface area contributed by atoms with Crippen LogP contribution in [0.4, 0.5) is 0 Å². The SMILES string of the molecule is C1CC[SiH2]CC1.C=CCCC(N)=O. The van der Waals surface area contributed by atoms with Gasteiger partial charge in [0.25, 0.3) is 0 Å². The van der Waals surface area contributed by atoms with Crippen molar-refractivity contribution in [2.24, 2.45) is 5.73 Å². The second-order valence-corrected chi connectivity index (χ2v) is 5.54. The van der Waals surface area contributed by atoms with Gasteiger partial charge in [0.15, 0.2) is 0 Å². The van der Waals surface area contributed by atoms with Crippen LogP contribution in [0.3, 0.4) is 0 Å². The molecule has 1 saturated heterocycles. The average molecular weight is 199 g/mol. The van der Waals surface area contributed by atoms with Crippen molar-refractivity contribution in [2.75, 3.05) is 0 Å². The highest BCUT2D eigenvalue weighted by Gasteiger charge is 1.96. The molecule has 13 heavy (non-hydrogen) atoms. The largest absolute Gasteiger partial charge is 0.370 e. The van der Waals surface area contributed by atoms with Gasteiger partial charge in [-0.25, -0.2) is 0 Å². The van der Waals surface area contributed by atoms with E-state index in [4.69, 9.17) is 5.73 Å². The lowest BCUT2D eigenvalue weighted by atomic mass is 10.3. The molecule has 0 aromatic rings. The maximum Gasteiger partial charge on any atom is 0.217 e. The van der Waals surface area contributed by atoms with Gasteiger partial charge >= 0.3 is 0 Å². The van der Waals surface area contributed by atoms with E-state index in [1.54, 1.807) is 31.0 Å². The van der Waals surface area contributed by atoms with Crippen LogP contribution in [0.5, 0.6) is 0 Å². The molecule has 0 saturated carbocycles. The van der Waals surface area contributed by atoms with Crippen LogP contribution in [0.25, 0.3) is 0 Å². The molecule has 1 aliphatic heterocycles. The lowest BCUT2D eigenvalue weighted by molar-refractivity contribution is -0.117. The highest BCUT2D eigenvalue weighted by atomic mass is 28.2. The fraction of sp³-hybridized carbons (Fsp3) is 0.700. The third kappa shape index (κ3) is 11.4. The number of hydrogen-bond acceptors (Lipinski definition) is 1. The molecule has 1 fully saturated rings. The van der Waals surface area contributed by atoms with E-state index >= 15 is 0 Å². The lowest BCUT2D eigenvalue weighted by Crippen LogP contribution is -2.08. The van der Waals surface area contributed by atoms with Crippen molar-refractivity contribution in [3.05, 3.63) is 12.7 Å². The summed E-state index contributed by atoms with van der Waals surface area (Å²) in [6.45, 7) is 3.42. The first-order valence-corrected chi connectivity index (χ1v) is 7.16. The Labute approximate surface area is 83.4 Å². The monoisotopic (exact) mass is 199 g/mol. The predicted molar refractivity (Wildman–Crippen MR) is 60.6 cm³/mol. The van der Waals surface area contributed by atoms with Crippen LogP contribution in [-0.2, 0) is 4.79 Å². The van der Waals surface area contributed by atoms with E-state index in [9.17, 15) is 4.79 Å². The summed E-state index contributed by atoms with van der Waals surface area (Å²) in [6.07, 6.45) is 7.44. The normalized spacial score (nSPS) is 15.4. The van der Waals surface area contributed by atoms with Gasteiger partial charge in [0.1, 0.15) is 0 Å². The van der Waals surface area contributed by atoms with E-state index in [0.29, 0.717) is 22.4 Å². The Bertz CT molecular complexity index is 132. The van der Waals surface area contributed by atoms with Gasteiger partial charge in [-0.15, -0.1) is 6.58 Å². The van der Waals surface area contributed by atoms with Crippen LogP contribution < -0.4 is 5.73 Å². The minimum atomic E-state index is -0.264. The molecule has 0 aromatic heterocycles. The van der Waals surface area contributed by atoms with Crippen LogP contribution in [0.2, 0.25) is 12.1 Å². The number of amides is 1. The van der Waals surface area contributed by atoms with Crippen LogP contribution in [-0.4, -0.2) is 15.4 Å². The third-order valence-corrected chi connectivity index (χ3v) is 4.09. The van der Waals surface area contributed by atoms with E-state index in [0.717, 1.165) is 0 Å². The van der Waals surface area contributed by atoms with E-state index in [1.807, 2.05) is 0 Å². The van der Waals surface area contributed by atoms with Crippen molar-refractivity contribution < 1.29 is 4.79 Å². The van der Waals surface area contributed by atoms with Gasteiger partial charge in [0.2, 0.25) is 5.91 Å². The molecule has 1 heterocycles. The van der Waals surface area contributed by atoms with Crippen molar-refractivity contribution in [3.8, 4) is 0 Å². The first-order valence-electron chi connectivity index (χ1n) is 5.16. The molecule has 3 heteroatoms. The van der Waals surface area contributed by atoms with Crippen molar-refractivity contribution in [1.29, 1.82) is 0 Å². The van der Waals surface area contributed by atoms with Crippen LogP contribution in [0, 0.1) is 0 Å². The Hall–Kier alpha value is -0.573. The van der Waals surface area contributed by atoms with Gasteiger partial charge in [-0.2, -0.15) is 0 Å². The smallest absolute Gasteiger partial charge is 0.217 e. The molecule has 0 unspecified atom stereocenters. The summed E-state index contributed by atoms with van der Waals surface area (Å²) in [5.74, 6) is -0.264. The number of hydrogen-bond donors (Lipinski definition) is 1. The Morgan fingerprint density at radius 1 is 1.38 bits per heavy atom. The van der Waals surface area contributed by atoms with Gasteiger partial charge in [0.05, 0.1) is 0 Å². The van der Waals surface area contributed by atoms with E-state index in [-0.39, 0.29) is 5.91 Å². The summed E-state index contributed by atoms with van der Waals surface area (Å²) in [4.78, 5) is 9.93. The standard InChI is InChI=1S/C5H9NO.C5H12Si/c1-2-3-4-5(6)7;1-2-4-6-5-3-1/h2H,1,3-4H2,(H2,6,7);1-6H2. The Morgan fingerprint density at radius 3 is 2.15 bits per heavy atom. The molecule has 1 amide bonds. The number of nitrogens with two attached hydrogens (primary N) is 1. The van der Waals surface area contributed by atoms with Gasteiger partial charge < -0.3 is 5.73 Å². The van der Waals surface area contributed by atoms with Crippen LogP contribution in [0.1, 0.15) is 32.1 Å². The highest BCUT2D eigenvalue weighted by molar-refractivity contribution is 6.35. The first kappa shape index (κ1) is 12.4. The second-order valence-electron chi connectivity index (χ2n) is 3.41. The summed E-state index contributed by atoms with van der Waals surface area (Å²) in [5, 5.41) is 0. The molecular weight excluding hydrogens is 178 g/mol. The van der Waals surface area contributed by atoms with Gasteiger partial charge in [-0.05, 0) is 6.42 Å². The maximum absolute atomic E-state index is 9.93. The second kappa shape index (κ2) is 9.51. The van der Waals surface area contributed by atoms with Crippen molar-refractivity contribution in [2.45, 2.75) is 44.2 Å². The number of carbonyl (C=O) groups is 1. The Kier molecular flexibility index (Phi) is 9.09. The maximum atomic E-state index is 9.93. The molecule has 76 valence electrons. The zero-order valence-corrected chi connectivity index (χ0v) is 9.84. The molecular formula is C10H21NOSi. The van der Waals surface area contributed by atoms with E-state index in [1.165, 1.54) is 6.42 Å². The fourth-order valence-corrected chi connectivity index (χ4v) is 3.07. The van der Waals surface area contributed by atoms with Gasteiger partial charge in [-0.3, -0.25) is 4.79 Å². The van der Waals surface area contributed by atoms with Crippen LogP contribution >= 0.6 is 0 Å². The Morgan fingerprint density at radius 2 is 2.00 bits per heavy atom. The molecule has 1 rings (SSSR count). The molecule has 0 spiro atoms. The van der Waals surface area contributed by atoms with Crippen molar-refractivity contribution in [3.63, 3.8) is 0 Å². The number of primary amides is 1. The number of rotatable bonds is 3.